The van der Waals surface area contributed by atoms with E-state index < -0.39 is 0 Å². The maximum Gasteiger partial charge on any atom is 0.223 e. The second-order valence-electron chi connectivity index (χ2n) is 5.71. The lowest BCUT2D eigenvalue weighted by Gasteiger charge is -2.21. The molecule has 0 aromatic heterocycles. The Kier molecular flexibility index (Phi) is 5.64. The molecule has 0 saturated heterocycles. The molecule has 1 aromatic carbocycles. The molecule has 1 aromatic rings. The summed E-state index contributed by atoms with van der Waals surface area (Å²) in [5.74, 6) is 0.960. The summed E-state index contributed by atoms with van der Waals surface area (Å²) in [6.45, 7) is 5.15. The Balaban J connectivity index is 1.82. The lowest BCUT2D eigenvalue weighted by Crippen LogP contribution is -2.37. The number of nitrogens with one attached hydrogen (secondary N) is 1. The van der Waals surface area contributed by atoms with E-state index in [1.807, 2.05) is 0 Å². The Morgan fingerprint density at radius 3 is 2.30 bits per heavy atom. The summed E-state index contributed by atoms with van der Waals surface area (Å²) in [4.78, 5) is 12.7. The molecule has 2 nitrogen and oxygen atoms in total. The van der Waals surface area contributed by atoms with E-state index >= 15 is 0 Å². The molecule has 0 aliphatic heterocycles. The average molecular weight is 338 g/mol. The van der Waals surface area contributed by atoms with Crippen LogP contribution in [0.2, 0.25) is 0 Å². The summed E-state index contributed by atoms with van der Waals surface area (Å²) >= 11 is 3.72. The fourth-order valence-corrected chi connectivity index (χ4v) is 3.96. The molecule has 0 bridgehead atoms. The summed E-state index contributed by atoms with van der Waals surface area (Å²) < 4.78 is 0. The Morgan fingerprint density at radius 1 is 1.25 bits per heavy atom. The quantitative estimate of drug-likeness (QED) is 0.787. The highest BCUT2D eigenvalue weighted by molar-refractivity contribution is 9.09. The summed E-state index contributed by atoms with van der Waals surface area (Å²) in [5, 5.41) is 3.12. The van der Waals surface area contributed by atoms with Gasteiger partial charge in [0.1, 0.15) is 0 Å². The van der Waals surface area contributed by atoms with Crippen LogP contribution in [0.3, 0.4) is 0 Å². The predicted molar refractivity (Wildman–Crippen MR) is 87.1 cm³/mol. The summed E-state index contributed by atoms with van der Waals surface area (Å²) in [7, 11) is 0. The zero-order chi connectivity index (χ0) is 14.5. The van der Waals surface area contributed by atoms with Crippen LogP contribution in [0, 0.1) is 11.8 Å². The monoisotopic (exact) mass is 337 g/mol. The van der Waals surface area contributed by atoms with Crippen LogP contribution in [0.4, 0.5) is 0 Å². The standard InChI is InChI=1S/C17H24BrNO/c1-3-12(4-2)16(18)11-19-17(20)15-9-13-7-5-6-8-14(13)10-15/h5-8,12,15-16H,3-4,9-11H2,1-2H3,(H,19,20). The van der Waals surface area contributed by atoms with Crippen molar-refractivity contribution in [1.29, 1.82) is 0 Å². The van der Waals surface area contributed by atoms with E-state index in [0.717, 1.165) is 32.2 Å². The average Bonchev–Trinajstić information content (AvgIpc) is 2.90. The molecule has 1 unspecified atom stereocenters. The van der Waals surface area contributed by atoms with Gasteiger partial charge in [-0.05, 0) is 29.9 Å². The highest BCUT2D eigenvalue weighted by Gasteiger charge is 2.27. The Hall–Kier alpha value is -0.830. The molecule has 1 amide bonds. The molecular weight excluding hydrogens is 314 g/mol. The van der Waals surface area contributed by atoms with E-state index in [2.05, 4.69) is 59.4 Å². The zero-order valence-corrected chi connectivity index (χ0v) is 13.9. The number of hydrogen-bond donors (Lipinski definition) is 1. The zero-order valence-electron chi connectivity index (χ0n) is 12.4. The number of alkyl halides is 1. The van der Waals surface area contributed by atoms with Crippen LogP contribution < -0.4 is 5.32 Å². The summed E-state index contributed by atoms with van der Waals surface area (Å²) in [6, 6.07) is 8.39. The van der Waals surface area contributed by atoms with Crippen LogP contribution in [0.1, 0.15) is 37.8 Å². The molecule has 1 N–H and O–H groups in total. The molecule has 2 rings (SSSR count). The van der Waals surface area contributed by atoms with Gasteiger partial charge in [-0.15, -0.1) is 0 Å². The number of amides is 1. The molecule has 0 radical (unpaired) electrons. The molecule has 1 aliphatic rings. The van der Waals surface area contributed by atoms with Crippen LogP contribution >= 0.6 is 15.9 Å². The van der Waals surface area contributed by atoms with Crippen molar-refractivity contribution in [2.24, 2.45) is 11.8 Å². The van der Waals surface area contributed by atoms with Gasteiger partial charge < -0.3 is 5.32 Å². The van der Waals surface area contributed by atoms with E-state index in [0.29, 0.717) is 10.7 Å². The second-order valence-corrected chi connectivity index (χ2v) is 6.89. The molecule has 1 atom stereocenters. The normalized spacial score (nSPS) is 16.2. The van der Waals surface area contributed by atoms with Gasteiger partial charge >= 0.3 is 0 Å². The van der Waals surface area contributed by atoms with Gasteiger partial charge in [0.2, 0.25) is 5.91 Å². The van der Waals surface area contributed by atoms with Crippen LogP contribution in [0.15, 0.2) is 24.3 Å². The van der Waals surface area contributed by atoms with Crippen LogP contribution in [-0.4, -0.2) is 17.3 Å². The summed E-state index contributed by atoms with van der Waals surface area (Å²) in [5.41, 5.74) is 2.67. The Morgan fingerprint density at radius 2 is 1.80 bits per heavy atom. The Labute approximate surface area is 130 Å². The number of rotatable bonds is 6. The van der Waals surface area contributed by atoms with Crippen molar-refractivity contribution in [3.8, 4) is 0 Å². The minimum absolute atomic E-state index is 0.119. The number of fused-ring (bicyclic) bond motifs is 1. The van der Waals surface area contributed by atoms with E-state index in [4.69, 9.17) is 0 Å². The molecule has 1 aliphatic carbocycles. The molecule has 0 spiro atoms. The molecule has 0 fully saturated rings. The minimum Gasteiger partial charge on any atom is -0.355 e. The van der Waals surface area contributed by atoms with E-state index in [-0.39, 0.29) is 11.8 Å². The van der Waals surface area contributed by atoms with Gasteiger partial charge in [-0.25, -0.2) is 0 Å². The fraction of sp³-hybridized carbons (Fsp3) is 0.588. The van der Waals surface area contributed by atoms with Crippen molar-refractivity contribution in [2.45, 2.75) is 44.4 Å². The number of halogens is 1. The van der Waals surface area contributed by atoms with Gasteiger partial charge in [-0.1, -0.05) is 66.9 Å². The first-order valence-corrected chi connectivity index (χ1v) is 8.55. The Bertz CT molecular complexity index is 431. The molecule has 3 heteroatoms. The lowest BCUT2D eigenvalue weighted by molar-refractivity contribution is -0.124. The van der Waals surface area contributed by atoms with Crippen LogP contribution in [-0.2, 0) is 17.6 Å². The van der Waals surface area contributed by atoms with Crippen LogP contribution in [0.5, 0.6) is 0 Å². The number of benzene rings is 1. The van der Waals surface area contributed by atoms with Gasteiger partial charge in [0.25, 0.3) is 0 Å². The second kappa shape index (κ2) is 7.26. The van der Waals surface area contributed by atoms with Crippen molar-refractivity contribution < 1.29 is 4.79 Å². The molecular formula is C17H24BrNO. The number of hydrogen-bond acceptors (Lipinski definition) is 1. The van der Waals surface area contributed by atoms with Crippen molar-refractivity contribution in [1.82, 2.24) is 5.32 Å². The van der Waals surface area contributed by atoms with Gasteiger partial charge in [-0.2, -0.15) is 0 Å². The largest absolute Gasteiger partial charge is 0.355 e. The third-order valence-corrected chi connectivity index (χ3v) is 5.52. The summed E-state index contributed by atoms with van der Waals surface area (Å²) in [6.07, 6.45) is 4.08. The van der Waals surface area contributed by atoms with E-state index in [1.165, 1.54) is 11.1 Å². The lowest BCUT2D eigenvalue weighted by atomic mass is 9.99. The molecule has 0 heterocycles. The highest BCUT2D eigenvalue weighted by atomic mass is 79.9. The molecule has 20 heavy (non-hydrogen) atoms. The first kappa shape index (κ1) is 15.6. The topological polar surface area (TPSA) is 29.1 Å². The van der Waals surface area contributed by atoms with E-state index in [9.17, 15) is 4.79 Å². The van der Waals surface area contributed by atoms with Crippen molar-refractivity contribution in [3.05, 3.63) is 35.4 Å². The van der Waals surface area contributed by atoms with E-state index in [1.54, 1.807) is 0 Å². The van der Waals surface area contributed by atoms with Crippen molar-refractivity contribution in [3.63, 3.8) is 0 Å². The third-order valence-electron chi connectivity index (χ3n) is 4.45. The number of carbonyl (C=O) groups excluding carboxylic acids is 1. The molecule has 0 saturated carbocycles. The van der Waals surface area contributed by atoms with Gasteiger partial charge in [-0.3, -0.25) is 4.79 Å². The van der Waals surface area contributed by atoms with Crippen LogP contribution in [0.25, 0.3) is 0 Å². The first-order valence-electron chi connectivity index (χ1n) is 7.64. The molecule has 110 valence electrons. The van der Waals surface area contributed by atoms with Crippen molar-refractivity contribution in [2.75, 3.05) is 6.54 Å². The minimum atomic E-state index is 0.119. The SMILES string of the molecule is CCC(CC)C(Br)CNC(=O)C1Cc2ccccc2C1. The van der Waals surface area contributed by atoms with Gasteiger partial charge in [0.15, 0.2) is 0 Å². The maximum absolute atomic E-state index is 12.3. The van der Waals surface area contributed by atoms with Gasteiger partial charge in [0.05, 0.1) is 0 Å². The smallest absolute Gasteiger partial charge is 0.223 e. The van der Waals surface area contributed by atoms with Crippen molar-refractivity contribution >= 4 is 21.8 Å². The highest BCUT2D eigenvalue weighted by Crippen LogP contribution is 2.26. The van der Waals surface area contributed by atoms with Gasteiger partial charge in [0, 0.05) is 17.3 Å². The fourth-order valence-electron chi connectivity index (χ4n) is 3.05. The first-order chi connectivity index (χ1) is 9.65. The number of carbonyl (C=O) groups is 1. The maximum atomic E-state index is 12.3. The third kappa shape index (κ3) is 3.63. The predicted octanol–water partition coefficient (Wildman–Crippen LogP) is 3.72.